The summed E-state index contributed by atoms with van der Waals surface area (Å²) in [6, 6.07) is 8.16. The van der Waals surface area contributed by atoms with Crippen molar-refractivity contribution in [3.05, 3.63) is 35.9 Å². The molecule has 2 unspecified atom stereocenters. The fourth-order valence-electron chi connectivity index (χ4n) is 3.78. The van der Waals surface area contributed by atoms with E-state index in [2.05, 4.69) is 5.92 Å². The van der Waals surface area contributed by atoms with Crippen molar-refractivity contribution >= 4 is 29.8 Å². The van der Waals surface area contributed by atoms with E-state index in [1.807, 2.05) is 0 Å². The predicted octanol–water partition coefficient (Wildman–Crippen LogP) is 0.787. The highest BCUT2D eigenvalue weighted by Crippen LogP contribution is 2.38. The number of carboxylic acids is 1. The van der Waals surface area contributed by atoms with Gasteiger partial charge in [0, 0.05) is 27.2 Å². The Morgan fingerprint density at radius 2 is 1.68 bits per heavy atom. The van der Waals surface area contributed by atoms with Gasteiger partial charge < -0.3 is 33.5 Å². The van der Waals surface area contributed by atoms with Crippen LogP contribution >= 0.6 is 0 Å². The van der Waals surface area contributed by atoms with Crippen molar-refractivity contribution in [1.82, 2.24) is 0 Å². The molecule has 1 saturated heterocycles. The first kappa shape index (κ1) is 29.3. The minimum Gasteiger partial charge on any atom is -0.479 e. The summed E-state index contributed by atoms with van der Waals surface area (Å²) in [5.41, 5.74) is -4.33. The number of terminal acetylenes is 1. The van der Waals surface area contributed by atoms with Gasteiger partial charge in [-0.05, 0) is 12.5 Å². The zero-order chi connectivity index (χ0) is 27.8. The molecule has 12 heteroatoms. The smallest absolute Gasteiger partial charge is 0.350 e. The zero-order valence-electron chi connectivity index (χ0n) is 20.8. The molecule has 1 fully saturated rings. The molecule has 1 aromatic carbocycles. The average molecular weight is 520 g/mol. The number of carboxylic acid groups (broad SMARTS) is 1. The van der Waals surface area contributed by atoms with Crippen LogP contribution in [0.15, 0.2) is 30.3 Å². The van der Waals surface area contributed by atoms with Gasteiger partial charge >= 0.3 is 29.8 Å². The van der Waals surface area contributed by atoms with Crippen molar-refractivity contribution in [3.8, 4) is 12.3 Å². The normalized spacial score (nSPS) is 24.1. The van der Waals surface area contributed by atoms with Crippen molar-refractivity contribution in [1.29, 1.82) is 0 Å². The second kappa shape index (κ2) is 12.3. The van der Waals surface area contributed by atoms with E-state index >= 15 is 0 Å². The first-order chi connectivity index (χ1) is 17.4. The van der Waals surface area contributed by atoms with Gasteiger partial charge in [0.15, 0.2) is 0 Å². The summed E-state index contributed by atoms with van der Waals surface area (Å²) in [5.74, 6) is -3.27. The summed E-state index contributed by atoms with van der Waals surface area (Å²) in [6.07, 6.45) is 0.444. The molecule has 0 aromatic heterocycles. The van der Waals surface area contributed by atoms with Crippen LogP contribution in [0.3, 0.4) is 0 Å². The largest absolute Gasteiger partial charge is 0.479 e. The maximum atomic E-state index is 12.9. The molecule has 1 aliphatic heterocycles. The van der Waals surface area contributed by atoms with Crippen LogP contribution in [0.25, 0.3) is 0 Å². The Morgan fingerprint density at radius 1 is 1.05 bits per heavy atom. The minimum absolute atomic E-state index is 0.142. The van der Waals surface area contributed by atoms with E-state index in [0.29, 0.717) is 5.56 Å². The fourth-order valence-corrected chi connectivity index (χ4v) is 3.78. The van der Waals surface area contributed by atoms with Crippen molar-refractivity contribution < 1.29 is 57.5 Å². The molecule has 1 aromatic rings. The van der Waals surface area contributed by atoms with E-state index in [4.69, 9.17) is 34.8 Å². The van der Waals surface area contributed by atoms with E-state index < -0.39 is 72.6 Å². The van der Waals surface area contributed by atoms with Crippen LogP contribution in [0.4, 0.5) is 0 Å². The van der Waals surface area contributed by atoms with Gasteiger partial charge in [-0.3, -0.25) is 14.4 Å². The molecule has 0 aliphatic carbocycles. The average Bonchev–Trinajstić information content (AvgIpc) is 3.08. The highest BCUT2D eigenvalue weighted by atomic mass is 16.8. The minimum atomic E-state index is -2.56. The lowest BCUT2D eigenvalue weighted by atomic mass is 9.91. The number of rotatable bonds is 11. The number of carbonyl (C=O) groups excluding carboxylic acids is 4. The monoisotopic (exact) mass is 520 g/mol. The summed E-state index contributed by atoms with van der Waals surface area (Å²) in [5, 5.41) is 10.1. The number of hydrogen-bond acceptors (Lipinski definition) is 11. The Morgan fingerprint density at radius 3 is 2.16 bits per heavy atom. The first-order valence-electron chi connectivity index (χ1n) is 11.2. The number of hydrogen-bond donors (Lipinski definition) is 1. The van der Waals surface area contributed by atoms with Gasteiger partial charge in [0.25, 0.3) is 5.60 Å². The predicted molar refractivity (Wildman–Crippen MR) is 122 cm³/mol. The number of carbonyl (C=O) groups is 5. The van der Waals surface area contributed by atoms with Crippen molar-refractivity contribution in [3.63, 3.8) is 0 Å². The van der Waals surface area contributed by atoms with Gasteiger partial charge in [-0.15, -0.1) is 6.42 Å². The molecule has 5 atom stereocenters. The zero-order valence-corrected chi connectivity index (χ0v) is 20.8. The van der Waals surface area contributed by atoms with Crippen LogP contribution in [0, 0.1) is 12.3 Å². The summed E-state index contributed by atoms with van der Waals surface area (Å²) < 4.78 is 31.9. The Bertz CT molecular complexity index is 1060. The van der Waals surface area contributed by atoms with Crippen molar-refractivity contribution in [2.75, 3.05) is 13.2 Å². The van der Waals surface area contributed by atoms with Crippen molar-refractivity contribution in [2.24, 2.45) is 0 Å². The standard InChI is InChI=1S/C25H28O12/c1-6-24(37-17(5)28)19(36-21(35-16(4)27)20(24)34-15(3)26)14-33-25(22(29)30,23(31)32-7-2)13-18-11-9-8-10-12-18/h1,8-12,19-21H,7,13-14H2,2-5H3,(H,29,30)/t19-,20+,21?,24-,25?/m1/s1. The molecule has 2 rings (SSSR count). The Hall–Kier alpha value is -3.95. The maximum absolute atomic E-state index is 12.9. The third kappa shape index (κ3) is 6.63. The number of esters is 4. The maximum Gasteiger partial charge on any atom is 0.350 e. The molecule has 0 bridgehead atoms. The number of aliphatic carboxylic acids is 1. The number of ether oxygens (including phenoxy) is 6. The van der Waals surface area contributed by atoms with Gasteiger partial charge in [-0.25, -0.2) is 9.59 Å². The molecular weight excluding hydrogens is 492 g/mol. The molecule has 37 heavy (non-hydrogen) atoms. The molecular formula is C25H28O12. The fraction of sp³-hybridized carbons (Fsp3) is 0.480. The Labute approximate surface area is 213 Å². The molecule has 1 aliphatic rings. The third-order valence-electron chi connectivity index (χ3n) is 5.29. The Kier molecular flexibility index (Phi) is 9.76. The van der Waals surface area contributed by atoms with Crippen LogP contribution in [-0.2, 0) is 58.8 Å². The summed E-state index contributed by atoms with van der Waals surface area (Å²) >= 11 is 0. The third-order valence-corrected chi connectivity index (χ3v) is 5.29. The second-order valence-electron chi connectivity index (χ2n) is 7.99. The van der Waals surface area contributed by atoms with E-state index in [9.17, 15) is 29.1 Å². The molecule has 12 nitrogen and oxygen atoms in total. The summed E-state index contributed by atoms with van der Waals surface area (Å²) in [6.45, 7) is 3.69. The quantitative estimate of drug-likeness (QED) is 0.189. The van der Waals surface area contributed by atoms with Gasteiger partial charge in [-0.2, -0.15) is 0 Å². The molecule has 1 N–H and O–H groups in total. The summed E-state index contributed by atoms with van der Waals surface area (Å²) in [7, 11) is 0. The topological polar surface area (TPSA) is 161 Å². The van der Waals surface area contributed by atoms with Gasteiger partial charge in [-0.1, -0.05) is 36.3 Å². The lowest BCUT2D eigenvalue weighted by Gasteiger charge is -2.34. The van der Waals surface area contributed by atoms with Crippen LogP contribution in [0.2, 0.25) is 0 Å². The molecule has 200 valence electrons. The highest BCUT2D eigenvalue weighted by molar-refractivity contribution is 6.03. The van der Waals surface area contributed by atoms with Crippen LogP contribution < -0.4 is 0 Å². The molecule has 0 saturated carbocycles. The SMILES string of the molecule is C#C[C@@]1(OC(C)=O)[C@@H](COC(Cc2ccccc2)(C(=O)O)C(=O)OCC)OC(OC(C)=O)[C@@H]1OC(C)=O. The molecule has 1 heterocycles. The van der Waals surface area contributed by atoms with Crippen molar-refractivity contribution in [2.45, 2.75) is 63.8 Å². The summed E-state index contributed by atoms with van der Waals surface area (Å²) in [4.78, 5) is 60.8. The van der Waals surface area contributed by atoms with Gasteiger partial charge in [0.05, 0.1) is 13.2 Å². The number of benzene rings is 1. The van der Waals surface area contributed by atoms with E-state index in [1.165, 1.54) is 6.92 Å². The van der Waals surface area contributed by atoms with Crippen LogP contribution in [-0.4, -0.2) is 77.9 Å². The lowest BCUT2D eigenvalue weighted by molar-refractivity contribution is -0.204. The van der Waals surface area contributed by atoms with E-state index in [-0.39, 0.29) is 6.61 Å². The molecule has 0 radical (unpaired) electrons. The van der Waals surface area contributed by atoms with E-state index in [0.717, 1.165) is 20.8 Å². The lowest BCUT2D eigenvalue weighted by Crippen LogP contribution is -2.57. The van der Waals surface area contributed by atoms with Gasteiger partial charge in [0.1, 0.15) is 6.10 Å². The van der Waals surface area contributed by atoms with Gasteiger partial charge in [0.2, 0.25) is 18.0 Å². The molecule has 0 amide bonds. The highest BCUT2D eigenvalue weighted by Gasteiger charge is 2.63. The van der Waals surface area contributed by atoms with Crippen LogP contribution in [0.5, 0.6) is 0 Å². The second-order valence-corrected chi connectivity index (χ2v) is 7.99. The van der Waals surface area contributed by atoms with Crippen LogP contribution in [0.1, 0.15) is 33.3 Å². The van der Waals surface area contributed by atoms with E-state index in [1.54, 1.807) is 30.3 Å². The Balaban J connectivity index is 2.53. The molecule has 0 spiro atoms. The first-order valence-corrected chi connectivity index (χ1v) is 11.2.